The van der Waals surface area contributed by atoms with Crippen molar-refractivity contribution in [1.82, 2.24) is 5.32 Å². The van der Waals surface area contributed by atoms with E-state index in [1.165, 1.54) is 12.8 Å². The normalized spacial score (nSPS) is 15.8. The summed E-state index contributed by atoms with van der Waals surface area (Å²) in [4.78, 5) is 0. The molecule has 0 aromatic carbocycles. The molecule has 20 heavy (non-hydrogen) atoms. The van der Waals surface area contributed by atoms with E-state index >= 15 is 0 Å². The van der Waals surface area contributed by atoms with Gasteiger partial charge >= 0.3 is 6.18 Å². The maximum Gasteiger partial charge on any atom is 0.389 e. The SMILES string of the molecule is Cc1cc(COCCCC(F)(F)F)oc1CNC1CC1. The van der Waals surface area contributed by atoms with Crippen LogP contribution in [-0.2, 0) is 17.9 Å². The minimum absolute atomic E-state index is 0.0146. The Bertz CT molecular complexity index is 425. The number of furan rings is 1. The summed E-state index contributed by atoms with van der Waals surface area (Å²) in [5.74, 6) is 1.55. The van der Waals surface area contributed by atoms with Crippen LogP contribution in [0.15, 0.2) is 10.5 Å². The Labute approximate surface area is 116 Å². The average Bonchev–Trinajstić information content (AvgIpc) is 3.10. The van der Waals surface area contributed by atoms with Crippen LogP contribution in [0.1, 0.15) is 42.8 Å². The first kappa shape index (κ1) is 15.4. The maximum atomic E-state index is 11.9. The fourth-order valence-electron chi connectivity index (χ4n) is 1.91. The van der Waals surface area contributed by atoms with E-state index < -0.39 is 12.6 Å². The van der Waals surface area contributed by atoms with Crippen LogP contribution < -0.4 is 5.32 Å². The van der Waals surface area contributed by atoms with Crippen molar-refractivity contribution in [3.63, 3.8) is 0 Å². The van der Waals surface area contributed by atoms with Gasteiger partial charge in [-0.2, -0.15) is 13.2 Å². The van der Waals surface area contributed by atoms with Gasteiger partial charge in [0.2, 0.25) is 0 Å². The van der Waals surface area contributed by atoms with Gasteiger partial charge in [0, 0.05) is 19.1 Å². The van der Waals surface area contributed by atoms with E-state index in [2.05, 4.69) is 5.32 Å². The fourth-order valence-corrected chi connectivity index (χ4v) is 1.91. The third kappa shape index (κ3) is 5.54. The minimum atomic E-state index is -4.10. The van der Waals surface area contributed by atoms with Crippen molar-refractivity contribution < 1.29 is 22.3 Å². The monoisotopic (exact) mass is 291 g/mol. The number of alkyl halides is 3. The van der Waals surface area contributed by atoms with Crippen molar-refractivity contribution in [2.24, 2.45) is 0 Å². The van der Waals surface area contributed by atoms with Crippen molar-refractivity contribution in [1.29, 1.82) is 0 Å². The van der Waals surface area contributed by atoms with Crippen LogP contribution in [-0.4, -0.2) is 18.8 Å². The molecule has 0 radical (unpaired) electrons. The second-order valence-corrected chi connectivity index (χ2v) is 5.25. The van der Waals surface area contributed by atoms with E-state index in [1.54, 1.807) is 0 Å². The molecule has 1 heterocycles. The van der Waals surface area contributed by atoms with Gasteiger partial charge in [0.1, 0.15) is 18.1 Å². The zero-order valence-electron chi connectivity index (χ0n) is 11.6. The van der Waals surface area contributed by atoms with Gasteiger partial charge in [-0.3, -0.25) is 0 Å². The lowest BCUT2D eigenvalue weighted by Gasteiger charge is -2.05. The Morgan fingerprint density at radius 2 is 2.15 bits per heavy atom. The third-order valence-corrected chi connectivity index (χ3v) is 3.19. The molecule has 1 aliphatic carbocycles. The van der Waals surface area contributed by atoms with Crippen LogP contribution in [0.2, 0.25) is 0 Å². The molecule has 1 aromatic rings. The van der Waals surface area contributed by atoms with E-state index in [0.29, 0.717) is 18.3 Å². The van der Waals surface area contributed by atoms with Crippen molar-refractivity contribution in [3.05, 3.63) is 23.2 Å². The van der Waals surface area contributed by atoms with Gasteiger partial charge in [-0.1, -0.05) is 0 Å². The fraction of sp³-hybridized carbons (Fsp3) is 0.714. The zero-order chi connectivity index (χ0) is 14.6. The van der Waals surface area contributed by atoms with Crippen LogP contribution >= 0.6 is 0 Å². The smallest absolute Gasteiger partial charge is 0.389 e. The first-order valence-corrected chi connectivity index (χ1v) is 6.90. The van der Waals surface area contributed by atoms with Crippen LogP contribution in [0.5, 0.6) is 0 Å². The number of hydrogen-bond acceptors (Lipinski definition) is 3. The highest BCUT2D eigenvalue weighted by atomic mass is 19.4. The second kappa shape index (κ2) is 6.63. The molecule has 114 valence electrons. The lowest BCUT2D eigenvalue weighted by Crippen LogP contribution is -2.15. The minimum Gasteiger partial charge on any atom is -0.462 e. The summed E-state index contributed by atoms with van der Waals surface area (Å²) >= 11 is 0. The Kier molecular flexibility index (Phi) is 5.10. The standard InChI is InChI=1S/C14H20F3NO2/c1-10-7-12(9-19-6-2-5-14(15,16)17)20-13(10)8-18-11-3-4-11/h7,11,18H,2-6,8-9H2,1H3. The van der Waals surface area contributed by atoms with Crippen LogP contribution in [0.4, 0.5) is 13.2 Å². The van der Waals surface area contributed by atoms with Gasteiger partial charge in [0.05, 0.1) is 6.54 Å². The molecule has 0 saturated heterocycles. The van der Waals surface area contributed by atoms with E-state index in [9.17, 15) is 13.2 Å². The first-order chi connectivity index (χ1) is 9.44. The third-order valence-electron chi connectivity index (χ3n) is 3.19. The van der Waals surface area contributed by atoms with Crippen molar-refractivity contribution in [2.75, 3.05) is 6.61 Å². The van der Waals surface area contributed by atoms with Gasteiger partial charge in [0.15, 0.2) is 0 Å². The Morgan fingerprint density at radius 1 is 1.40 bits per heavy atom. The summed E-state index contributed by atoms with van der Waals surface area (Å²) in [7, 11) is 0. The molecule has 0 atom stereocenters. The number of aryl methyl sites for hydroxylation is 1. The van der Waals surface area contributed by atoms with Crippen LogP contribution in [0.3, 0.4) is 0 Å². The summed E-state index contributed by atoms with van der Waals surface area (Å²) in [5, 5.41) is 3.36. The van der Waals surface area contributed by atoms with Gasteiger partial charge in [0.25, 0.3) is 0 Å². The lowest BCUT2D eigenvalue weighted by molar-refractivity contribution is -0.138. The zero-order valence-corrected chi connectivity index (χ0v) is 11.6. The molecule has 1 saturated carbocycles. The number of nitrogens with one attached hydrogen (secondary N) is 1. The van der Waals surface area contributed by atoms with Gasteiger partial charge in [-0.25, -0.2) is 0 Å². The average molecular weight is 291 g/mol. The molecular weight excluding hydrogens is 271 g/mol. The molecule has 1 aromatic heterocycles. The highest BCUT2D eigenvalue weighted by Crippen LogP contribution is 2.22. The number of ether oxygens (including phenoxy) is 1. The predicted molar refractivity (Wildman–Crippen MR) is 68.3 cm³/mol. The Hall–Kier alpha value is -1.01. The Balaban J connectivity index is 1.66. The van der Waals surface area contributed by atoms with Gasteiger partial charge in [-0.05, 0) is 37.8 Å². The summed E-state index contributed by atoms with van der Waals surface area (Å²) in [6, 6.07) is 2.50. The quantitative estimate of drug-likeness (QED) is 0.742. The number of rotatable bonds is 8. The number of halogens is 3. The molecule has 0 amide bonds. The molecule has 0 spiro atoms. The largest absolute Gasteiger partial charge is 0.462 e. The molecule has 6 heteroatoms. The molecule has 1 aliphatic rings. The van der Waals surface area contributed by atoms with E-state index in [4.69, 9.17) is 9.15 Å². The van der Waals surface area contributed by atoms with Crippen molar-refractivity contribution >= 4 is 0 Å². The molecule has 0 aliphatic heterocycles. The van der Waals surface area contributed by atoms with Crippen molar-refractivity contribution in [2.45, 2.75) is 58.0 Å². The summed E-state index contributed by atoms with van der Waals surface area (Å²) < 4.78 is 46.6. The molecule has 3 nitrogen and oxygen atoms in total. The topological polar surface area (TPSA) is 34.4 Å². The molecule has 1 N–H and O–H groups in total. The first-order valence-electron chi connectivity index (χ1n) is 6.90. The van der Waals surface area contributed by atoms with Crippen molar-refractivity contribution in [3.8, 4) is 0 Å². The summed E-state index contributed by atoms with van der Waals surface area (Å²) in [6.45, 7) is 2.97. The summed E-state index contributed by atoms with van der Waals surface area (Å²) in [5.41, 5.74) is 1.05. The molecule has 0 unspecified atom stereocenters. The maximum absolute atomic E-state index is 11.9. The van der Waals surface area contributed by atoms with E-state index in [1.807, 2.05) is 13.0 Å². The molecule has 2 rings (SSSR count). The lowest BCUT2D eigenvalue weighted by atomic mass is 10.2. The number of hydrogen-bond donors (Lipinski definition) is 1. The highest BCUT2D eigenvalue weighted by Gasteiger charge is 2.26. The second-order valence-electron chi connectivity index (χ2n) is 5.25. The van der Waals surface area contributed by atoms with Gasteiger partial charge in [-0.15, -0.1) is 0 Å². The van der Waals surface area contributed by atoms with Crippen LogP contribution in [0.25, 0.3) is 0 Å². The predicted octanol–water partition coefficient (Wildman–Crippen LogP) is 3.70. The Morgan fingerprint density at radius 3 is 2.80 bits per heavy atom. The molecule has 0 bridgehead atoms. The molecular formula is C14H20F3NO2. The van der Waals surface area contributed by atoms with E-state index in [0.717, 1.165) is 11.3 Å². The molecule has 1 fully saturated rings. The van der Waals surface area contributed by atoms with Crippen LogP contribution in [0, 0.1) is 6.92 Å². The summed E-state index contributed by atoms with van der Waals surface area (Å²) in [6.07, 6.45) is -2.49. The highest BCUT2D eigenvalue weighted by molar-refractivity contribution is 5.19. The van der Waals surface area contributed by atoms with E-state index in [-0.39, 0.29) is 19.6 Å². The van der Waals surface area contributed by atoms with Gasteiger partial charge < -0.3 is 14.5 Å².